The number of fused-ring (bicyclic) bond motifs is 1. The van der Waals surface area contributed by atoms with Crippen molar-refractivity contribution in [3.05, 3.63) is 29.9 Å². The highest BCUT2D eigenvalue weighted by Crippen LogP contribution is 2.28. The van der Waals surface area contributed by atoms with Crippen LogP contribution in [-0.2, 0) is 26.1 Å². The van der Waals surface area contributed by atoms with Crippen LogP contribution in [-0.4, -0.2) is 42.3 Å². The molecule has 1 atom stereocenters. The van der Waals surface area contributed by atoms with Gasteiger partial charge in [0.15, 0.2) is 0 Å². The van der Waals surface area contributed by atoms with E-state index in [2.05, 4.69) is 42.3 Å². The summed E-state index contributed by atoms with van der Waals surface area (Å²) in [5.74, 6) is 4.11. The van der Waals surface area contributed by atoms with E-state index < -0.39 is 0 Å². The molecule has 0 saturated carbocycles. The molecule has 0 radical (unpaired) electrons. The van der Waals surface area contributed by atoms with Gasteiger partial charge in [0.25, 0.3) is 0 Å². The second-order valence-corrected chi connectivity index (χ2v) is 6.43. The topological polar surface area (TPSA) is 51.8 Å². The van der Waals surface area contributed by atoms with Gasteiger partial charge in [0.2, 0.25) is 0 Å². The first-order valence-electron chi connectivity index (χ1n) is 8.49. The van der Waals surface area contributed by atoms with Crippen molar-refractivity contribution in [2.45, 2.75) is 58.2 Å². The second kappa shape index (κ2) is 5.83. The van der Waals surface area contributed by atoms with Crippen LogP contribution in [0.4, 0.5) is 0 Å². The molecule has 2 aliphatic rings. The van der Waals surface area contributed by atoms with E-state index in [1.54, 1.807) is 0 Å². The van der Waals surface area contributed by atoms with E-state index >= 15 is 0 Å². The van der Waals surface area contributed by atoms with Crippen molar-refractivity contribution < 1.29 is 0 Å². The van der Waals surface area contributed by atoms with E-state index in [4.69, 9.17) is 0 Å². The molecule has 6 heteroatoms. The van der Waals surface area contributed by atoms with Crippen molar-refractivity contribution in [3.8, 4) is 0 Å². The summed E-state index contributed by atoms with van der Waals surface area (Å²) in [6.45, 7) is 7.45. The lowest BCUT2D eigenvalue weighted by Gasteiger charge is -2.32. The van der Waals surface area contributed by atoms with Crippen molar-refractivity contribution in [3.63, 3.8) is 0 Å². The van der Waals surface area contributed by atoms with Crippen LogP contribution in [0.25, 0.3) is 0 Å². The molecule has 22 heavy (non-hydrogen) atoms. The minimum Gasteiger partial charge on any atom is -0.334 e. The summed E-state index contributed by atoms with van der Waals surface area (Å²) in [4.78, 5) is 7.04. The SMILES string of the molecule is CCn1ccnc1CN1CCCC(c2nnc3n2CCC3)C1. The number of rotatable bonds is 4. The maximum Gasteiger partial charge on any atom is 0.137 e. The first-order chi connectivity index (χ1) is 10.8. The smallest absolute Gasteiger partial charge is 0.137 e. The first kappa shape index (κ1) is 13.9. The highest BCUT2D eigenvalue weighted by Gasteiger charge is 2.28. The van der Waals surface area contributed by atoms with E-state index in [-0.39, 0.29) is 0 Å². The molecule has 0 aromatic carbocycles. The lowest BCUT2D eigenvalue weighted by atomic mass is 9.97. The first-order valence-corrected chi connectivity index (χ1v) is 8.49. The average molecular weight is 300 g/mol. The Kier molecular flexibility index (Phi) is 3.70. The van der Waals surface area contributed by atoms with Gasteiger partial charge in [0.1, 0.15) is 17.5 Å². The number of aryl methyl sites for hydroxylation is 2. The number of imidazole rings is 1. The maximum absolute atomic E-state index is 4.51. The van der Waals surface area contributed by atoms with Crippen LogP contribution in [0.5, 0.6) is 0 Å². The van der Waals surface area contributed by atoms with Crippen LogP contribution in [0.15, 0.2) is 12.4 Å². The molecule has 0 N–H and O–H groups in total. The highest BCUT2D eigenvalue weighted by atomic mass is 15.3. The quantitative estimate of drug-likeness (QED) is 0.864. The van der Waals surface area contributed by atoms with Crippen LogP contribution >= 0.6 is 0 Å². The molecule has 2 aromatic rings. The Balaban J connectivity index is 1.48. The van der Waals surface area contributed by atoms with Crippen LogP contribution in [0.2, 0.25) is 0 Å². The molecule has 6 nitrogen and oxygen atoms in total. The summed E-state index contributed by atoms with van der Waals surface area (Å²) in [5.41, 5.74) is 0. The van der Waals surface area contributed by atoms with E-state index in [1.807, 2.05) is 6.20 Å². The molecular formula is C16H24N6. The summed E-state index contributed by atoms with van der Waals surface area (Å²) in [6.07, 6.45) is 8.77. The zero-order chi connectivity index (χ0) is 14.9. The van der Waals surface area contributed by atoms with Gasteiger partial charge in [0.05, 0.1) is 6.54 Å². The van der Waals surface area contributed by atoms with Gasteiger partial charge in [-0.2, -0.15) is 0 Å². The normalized spacial score (nSPS) is 22.1. The number of hydrogen-bond acceptors (Lipinski definition) is 4. The highest BCUT2D eigenvalue weighted by molar-refractivity contribution is 5.07. The number of aromatic nitrogens is 5. The minimum atomic E-state index is 0.526. The predicted molar refractivity (Wildman–Crippen MR) is 83.5 cm³/mol. The van der Waals surface area contributed by atoms with Gasteiger partial charge in [0, 0.05) is 44.4 Å². The Morgan fingerprint density at radius 2 is 2.18 bits per heavy atom. The van der Waals surface area contributed by atoms with Gasteiger partial charge in [-0.3, -0.25) is 4.90 Å². The predicted octanol–water partition coefficient (Wildman–Crippen LogP) is 1.82. The summed E-state index contributed by atoms with van der Waals surface area (Å²) in [7, 11) is 0. The Hall–Kier alpha value is -1.69. The minimum absolute atomic E-state index is 0.526. The molecule has 2 aliphatic heterocycles. The van der Waals surface area contributed by atoms with Crippen molar-refractivity contribution in [2.75, 3.05) is 13.1 Å². The molecule has 118 valence electrons. The van der Waals surface area contributed by atoms with Gasteiger partial charge in [-0.1, -0.05) is 0 Å². The molecule has 0 aliphatic carbocycles. The number of hydrogen-bond donors (Lipinski definition) is 0. The fourth-order valence-corrected chi connectivity index (χ4v) is 3.86. The van der Waals surface area contributed by atoms with Crippen LogP contribution in [0.1, 0.15) is 49.6 Å². The van der Waals surface area contributed by atoms with Gasteiger partial charge < -0.3 is 9.13 Å². The van der Waals surface area contributed by atoms with Gasteiger partial charge >= 0.3 is 0 Å². The van der Waals surface area contributed by atoms with Crippen LogP contribution < -0.4 is 0 Å². The molecule has 1 unspecified atom stereocenters. The fraction of sp³-hybridized carbons (Fsp3) is 0.688. The van der Waals surface area contributed by atoms with Gasteiger partial charge in [-0.25, -0.2) is 4.98 Å². The van der Waals surface area contributed by atoms with Crippen LogP contribution in [0, 0.1) is 0 Å². The number of piperidine rings is 1. The van der Waals surface area contributed by atoms with E-state index in [0.717, 1.165) is 39.1 Å². The standard InChI is InChI=1S/C16H24N6/c1-2-21-10-7-17-15(21)12-20-8-3-5-13(11-20)16-19-18-14-6-4-9-22(14)16/h7,10,13H,2-6,8-9,11-12H2,1H3. The zero-order valence-electron chi connectivity index (χ0n) is 13.3. The molecular weight excluding hydrogens is 276 g/mol. The lowest BCUT2D eigenvalue weighted by molar-refractivity contribution is 0.188. The molecule has 4 rings (SSSR count). The third-order valence-corrected chi connectivity index (χ3v) is 5.02. The zero-order valence-corrected chi connectivity index (χ0v) is 13.3. The number of nitrogens with zero attached hydrogens (tertiary/aromatic N) is 6. The molecule has 1 saturated heterocycles. The monoisotopic (exact) mass is 300 g/mol. The van der Waals surface area contributed by atoms with Crippen molar-refractivity contribution in [1.29, 1.82) is 0 Å². The summed E-state index contributed by atoms with van der Waals surface area (Å²) < 4.78 is 4.60. The molecule has 1 fully saturated rings. The molecule has 4 heterocycles. The van der Waals surface area contributed by atoms with Gasteiger partial charge in [-0.05, 0) is 32.7 Å². The molecule has 0 spiro atoms. The Morgan fingerprint density at radius 3 is 3.09 bits per heavy atom. The fourth-order valence-electron chi connectivity index (χ4n) is 3.86. The Labute approximate surface area is 131 Å². The van der Waals surface area contributed by atoms with Crippen molar-refractivity contribution in [1.82, 2.24) is 29.2 Å². The molecule has 0 amide bonds. The largest absolute Gasteiger partial charge is 0.334 e. The third-order valence-electron chi connectivity index (χ3n) is 5.02. The number of likely N-dealkylation sites (tertiary alicyclic amines) is 1. The van der Waals surface area contributed by atoms with E-state index in [1.165, 1.54) is 36.7 Å². The van der Waals surface area contributed by atoms with Crippen LogP contribution in [0.3, 0.4) is 0 Å². The van der Waals surface area contributed by atoms with Crippen molar-refractivity contribution in [2.24, 2.45) is 0 Å². The van der Waals surface area contributed by atoms with E-state index in [9.17, 15) is 0 Å². The van der Waals surface area contributed by atoms with Gasteiger partial charge in [-0.15, -0.1) is 10.2 Å². The maximum atomic E-state index is 4.51. The Morgan fingerprint density at radius 1 is 1.23 bits per heavy atom. The summed E-state index contributed by atoms with van der Waals surface area (Å²) >= 11 is 0. The van der Waals surface area contributed by atoms with Crippen molar-refractivity contribution >= 4 is 0 Å². The summed E-state index contributed by atoms with van der Waals surface area (Å²) in [5, 5.41) is 8.87. The summed E-state index contributed by atoms with van der Waals surface area (Å²) in [6, 6.07) is 0. The van der Waals surface area contributed by atoms with E-state index in [0.29, 0.717) is 5.92 Å². The molecule has 2 aromatic heterocycles. The molecule has 0 bridgehead atoms. The second-order valence-electron chi connectivity index (χ2n) is 6.43. The lowest BCUT2D eigenvalue weighted by Crippen LogP contribution is -2.35. The average Bonchev–Trinajstić information content (AvgIpc) is 3.23. The third kappa shape index (κ3) is 2.45. The Bertz CT molecular complexity index is 643.